The van der Waals surface area contributed by atoms with Crippen LogP contribution in [0.5, 0.6) is 5.75 Å². The van der Waals surface area contributed by atoms with Crippen LogP contribution in [-0.4, -0.2) is 17.1 Å². The maximum absolute atomic E-state index is 6.33. The summed E-state index contributed by atoms with van der Waals surface area (Å²) < 4.78 is 5.21. The summed E-state index contributed by atoms with van der Waals surface area (Å²) in [4.78, 5) is 9.09. The van der Waals surface area contributed by atoms with Gasteiger partial charge in [0.1, 0.15) is 10.9 Å². The van der Waals surface area contributed by atoms with Crippen molar-refractivity contribution in [2.24, 2.45) is 0 Å². The number of ether oxygens (including phenoxy) is 1. The number of aromatic nitrogens is 2. The van der Waals surface area contributed by atoms with Crippen molar-refractivity contribution in [3.63, 3.8) is 0 Å². The second-order valence-corrected chi connectivity index (χ2v) is 5.09. The number of rotatable bonds is 3. The summed E-state index contributed by atoms with van der Waals surface area (Å²) in [5, 5.41) is 1.24. The molecule has 0 atom stereocenters. The van der Waals surface area contributed by atoms with Crippen LogP contribution in [0, 0.1) is 0 Å². The number of aryl methyl sites for hydroxylation is 1. The van der Waals surface area contributed by atoms with Gasteiger partial charge in [0, 0.05) is 10.9 Å². The lowest BCUT2D eigenvalue weighted by Gasteiger charge is -2.09. The first kappa shape index (κ1) is 13.8. The molecule has 0 aliphatic rings. The largest absolute Gasteiger partial charge is 0.497 e. The molecule has 0 fully saturated rings. The first-order valence-electron chi connectivity index (χ1n) is 6.82. The molecule has 3 aromatic rings. The van der Waals surface area contributed by atoms with Crippen molar-refractivity contribution in [3.8, 4) is 17.1 Å². The van der Waals surface area contributed by atoms with Crippen LogP contribution in [0.3, 0.4) is 0 Å². The molecule has 2 aromatic carbocycles. The molecule has 0 saturated carbocycles. The SMILES string of the molecule is CCc1ccccc1-c1nc(Cl)c2cc(OC)ccc2n1. The molecule has 0 spiro atoms. The van der Waals surface area contributed by atoms with Gasteiger partial charge in [0.05, 0.1) is 12.6 Å². The summed E-state index contributed by atoms with van der Waals surface area (Å²) in [7, 11) is 1.63. The molecule has 0 N–H and O–H groups in total. The van der Waals surface area contributed by atoms with Crippen LogP contribution >= 0.6 is 11.6 Å². The maximum Gasteiger partial charge on any atom is 0.161 e. The summed E-state index contributed by atoms with van der Waals surface area (Å²) in [6.45, 7) is 2.12. The Labute approximate surface area is 128 Å². The number of halogens is 1. The Bertz CT molecular complexity index is 802. The van der Waals surface area contributed by atoms with Gasteiger partial charge in [0.2, 0.25) is 0 Å². The fourth-order valence-electron chi connectivity index (χ4n) is 2.36. The van der Waals surface area contributed by atoms with E-state index in [0.29, 0.717) is 11.0 Å². The van der Waals surface area contributed by atoms with Gasteiger partial charge < -0.3 is 4.74 Å². The van der Waals surface area contributed by atoms with Crippen molar-refractivity contribution in [1.82, 2.24) is 9.97 Å². The Balaban J connectivity index is 2.21. The number of hydrogen-bond donors (Lipinski definition) is 0. The van der Waals surface area contributed by atoms with Gasteiger partial charge in [0.25, 0.3) is 0 Å². The minimum Gasteiger partial charge on any atom is -0.497 e. The lowest BCUT2D eigenvalue weighted by Crippen LogP contribution is -1.95. The van der Waals surface area contributed by atoms with E-state index in [2.05, 4.69) is 23.0 Å². The lowest BCUT2D eigenvalue weighted by atomic mass is 10.0. The third-order valence-electron chi connectivity index (χ3n) is 3.50. The van der Waals surface area contributed by atoms with Crippen LogP contribution in [0.25, 0.3) is 22.3 Å². The van der Waals surface area contributed by atoms with Crippen LogP contribution in [-0.2, 0) is 6.42 Å². The van der Waals surface area contributed by atoms with Crippen molar-refractivity contribution >= 4 is 22.5 Å². The van der Waals surface area contributed by atoms with E-state index in [1.54, 1.807) is 7.11 Å². The molecule has 0 saturated heterocycles. The van der Waals surface area contributed by atoms with Gasteiger partial charge in [-0.1, -0.05) is 42.8 Å². The summed E-state index contributed by atoms with van der Waals surface area (Å²) in [6, 6.07) is 13.8. The summed E-state index contributed by atoms with van der Waals surface area (Å²) >= 11 is 6.33. The Kier molecular flexibility index (Phi) is 3.76. The fourth-order valence-corrected chi connectivity index (χ4v) is 2.60. The highest BCUT2D eigenvalue weighted by Gasteiger charge is 2.11. The smallest absolute Gasteiger partial charge is 0.161 e. The Hall–Kier alpha value is -2.13. The molecular formula is C17H15ClN2O. The minimum absolute atomic E-state index is 0.444. The van der Waals surface area contributed by atoms with Crippen molar-refractivity contribution in [1.29, 1.82) is 0 Å². The number of hydrogen-bond acceptors (Lipinski definition) is 3. The zero-order valence-electron chi connectivity index (χ0n) is 11.9. The quantitative estimate of drug-likeness (QED) is 0.667. The number of methoxy groups -OCH3 is 1. The van der Waals surface area contributed by atoms with E-state index in [1.165, 1.54) is 5.56 Å². The van der Waals surface area contributed by atoms with Crippen molar-refractivity contribution < 1.29 is 4.74 Å². The van der Waals surface area contributed by atoms with Crippen LogP contribution in [0.4, 0.5) is 0 Å². The van der Waals surface area contributed by atoms with Gasteiger partial charge in [-0.15, -0.1) is 0 Å². The monoisotopic (exact) mass is 298 g/mol. The molecular weight excluding hydrogens is 284 g/mol. The van der Waals surface area contributed by atoms with E-state index in [4.69, 9.17) is 16.3 Å². The van der Waals surface area contributed by atoms with Gasteiger partial charge in [0.15, 0.2) is 5.82 Å². The van der Waals surface area contributed by atoms with Gasteiger partial charge in [-0.05, 0) is 30.2 Å². The Morgan fingerprint density at radius 2 is 1.90 bits per heavy atom. The maximum atomic E-state index is 6.33. The lowest BCUT2D eigenvalue weighted by molar-refractivity contribution is 0.415. The second kappa shape index (κ2) is 5.70. The van der Waals surface area contributed by atoms with Crippen molar-refractivity contribution in [2.75, 3.05) is 7.11 Å². The normalized spacial score (nSPS) is 10.8. The third-order valence-corrected chi connectivity index (χ3v) is 3.78. The highest BCUT2D eigenvalue weighted by Crippen LogP contribution is 2.29. The topological polar surface area (TPSA) is 35.0 Å². The van der Waals surface area contributed by atoms with Gasteiger partial charge in [-0.25, -0.2) is 9.97 Å². The molecule has 0 unspecified atom stereocenters. The van der Waals surface area contributed by atoms with Crippen LogP contribution in [0.1, 0.15) is 12.5 Å². The van der Waals surface area contributed by atoms with E-state index in [-0.39, 0.29) is 0 Å². The van der Waals surface area contributed by atoms with Gasteiger partial charge in [-0.2, -0.15) is 0 Å². The Morgan fingerprint density at radius 1 is 1.10 bits per heavy atom. The predicted molar refractivity (Wildman–Crippen MR) is 85.9 cm³/mol. The summed E-state index contributed by atoms with van der Waals surface area (Å²) in [5.41, 5.74) is 3.05. The third kappa shape index (κ3) is 2.57. The first-order valence-corrected chi connectivity index (χ1v) is 7.20. The van der Waals surface area contributed by atoms with E-state index < -0.39 is 0 Å². The van der Waals surface area contributed by atoms with E-state index >= 15 is 0 Å². The molecule has 21 heavy (non-hydrogen) atoms. The van der Waals surface area contributed by atoms with Crippen molar-refractivity contribution in [3.05, 3.63) is 53.2 Å². The molecule has 1 aromatic heterocycles. The van der Waals surface area contributed by atoms with E-state index in [1.807, 2.05) is 36.4 Å². The number of benzene rings is 2. The molecule has 3 rings (SSSR count). The molecule has 106 valence electrons. The average Bonchev–Trinajstić information content (AvgIpc) is 2.54. The first-order chi connectivity index (χ1) is 10.2. The zero-order chi connectivity index (χ0) is 14.8. The molecule has 0 aliphatic carbocycles. The zero-order valence-corrected chi connectivity index (χ0v) is 12.7. The molecule has 3 nitrogen and oxygen atoms in total. The van der Waals surface area contributed by atoms with E-state index in [0.717, 1.165) is 28.6 Å². The minimum atomic E-state index is 0.444. The predicted octanol–water partition coefficient (Wildman–Crippen LogP) is 4.52. The fraction of sp³-hybridized carbons (Fsp3) is 0.176. The highest BCUT2D eigenvalue weighted by molar-refractivity contribution is 6.34. The standard InChI is InChI=1S/C17H15ClN2O/c1-3-11-6-4-5-7-13(11)17-19-15-9-8-12(21-2)10-14(15)16(18)20-17/h4-10H,3H2,1-2H3. The van der Waals surface area contributed by atoms with Crippen molar-refractivity contribution in [2.45, 2.75) is 13.3 Å². The van der Waals surface area contributed by atoms with Gasteiger partial charge in [-0.3, -0.25) is 0 Å². The number of nitrogens with zero attached hydrogens (tertiary/aromatic N) is 2. The van der Waals surface area contributed by atoms with Crippen LogP contribution < -0.4 is 4.74 Å². The molecule has 0 bridgehead atoms. The number of fused-ring (bicyclic) bond motifs is 1. The molecule has 4 heteroatoms. The highest BCUT2D eigenvalue weighted by atomic mass is 35.5. The second-order valence-electron chi connectivity index (χ2n) is 4.73. The molecule has 0 radical (unpaired) electrons. The van der Waals surface area contributed by atoms with Crippen LogP contribution in [0.15, 0.2) is 42.5 Å². The molecule has 1 heterocycles. The average molecular weight is 299 g/mol. The Morgan fingerprint density at radius 3 is 2.67 bits per heavy atom. The molecule has 0 aliphatic heterocycles. The summed E-state index contributed by atoms with van der Waals surface area (Å²) in [5.74, 6) is 1.41. The van der Waals surface area contributed by atoms with Gasteiger partial charge >= 0.3 is 0 Å². The summed E-state index contributed by atoms with van der Waals surface area (Å²) in [6.07, 6.45) is 0.928. The molecule has 0 amide bonds. The van der Waals surface area contributed by atoms with Crippen LogP contribution in [0.2, 0.25) is 5.15 Å². The van der Waals surface area contributed by atoms with E-state index in [9.17, 15) is 0 Å².